The summed E-state index contributed by atoms with van der Waals surface area (Å²) in [5.74, 6) is 0. The van der Waals surface area contributed by atoms with Crippen LogP contribution in [-0.2, 0) is 9.47 Å². The Kier molecular flexibility index (Phi) is 1.90. The molecule has 1 N–H and O–H groups in total. The number of aliphatic hydroxyl groups is 1. The Morgan fingerprint density at radius 3 is 3.17 bits per heavy atom. The largest absolute Gasteiger partial charge is 0.390 e. The Morgan fingerprint density at radius 2 is 2.42 bits per heavy atom. The second kappa shape index (κ2) is 2.91. The predicted octanol–water partition coefficient (Wildman–Crippen LogP) is 0.171. The van der Waals surface area contributed by atoms with Gasteiger partial charge in [0.25, 0.3) is 0 Å². The zero-order valence-corrected chi connectivity index (χ0v) is 6.33. The molecule has 2 saturated heterocycles. The van der Waals surface area contributed by atoms with Gasteiger partial charge in [0.15, 0.2) is 6.29 Å². The standard InChI is InChI=1S/C6H9N3O3/c7-9-8-3-1-4(10)5-2-11-6(3)12-5/h3-6,10H,1-2H2/t3?,4-,5?,6+/m0/s1. The molecule has 12 heavy (non-hydrogen) atoms. The highest BCUT2D eigenvalue weighted by atomic mass is 16.7. The second-order valence-electron chi connectivity index (χ2n) is 2.95. The minimum atomic E-state index is -0.570. The quantitative estimate of drug-likeness (QED) is 0.346. The van der Waals surface area contributed by atoms with Gasteiger partial charge in [-0.15, -0.1) is 0 Å². The molecule has 2 unspecified atom stereocenters. The molecule has 0 saturated carbocycles. The third-order valence-corrected chi connectivity index (χ3v) is 2.16. The maximum absolute atomic E-state index is 9.40. The van der Waals surface area contributed by atoms with Crippen LogP contribution in [0.3, 0.4) is 0 Å². The molecule has 2 aliphatic heterocycles. The highest BCUT2D eigenvalue weighted by Gasteiger charge is 2.42. The van der Waals surface area contributed by atoms with Gasteiger partial charge in [0.05, 0.1) is 18.8 Å². The fourth-order valence-corrected chi connectivity index (χ4v) is 1.52. The number of hydrogen-bond acceptors (Lipinski definition) is 4. The van der Waals surface area contributed by atoms with E-state index in [0.717, 1.165) is 0 Å². The summed E-state index contributed by atoms with van der Waals surface area (Å²) in [6, 6.07) is -0.385. The third-order valence-electron chi connectivity index (χ3n) is 2.16. The first-order valence-corrected chi connectivity index (χ1v) is 3.80. The van der Waals surface area contributed by atoms with Gasteiger partial charge >= 0.3 is 0 Å². The number of rotatable bonds is 1. The van der Waals surface area contributed by atoms with E-state index >= 15 is 0 Å². The molecule has 6 nitrogen and oxygen atoms in total. The molecular weight excluding hydrogens is 162 g/mol. The van der Waals surface area contributed by atoms with Crippen molar-refractivity contribution >= 4 is 0 Å². The lowest BCUT2D eigenvalue weighted by Gasteiger charge is -2.27. The van der Waals surface area contributed by atoms with Crippen molar-refractivity contribution in [2.24, 2.45) is 5.11 Å². The van der Waals surface area contributed by atoms with Gasteiger partial charge in [-0.2, -0.15) is 0 Å². The first-order valence-electron chi connectivity index (χ1n) is 3.80. The van der Waals surface area contributed by atoms with Crippen LogP contribution in [0.25, 0.3) is 10.4 Å². The van der Waals surface area contributed by atoms with E-state index in [1.54, 1.807) is 0 Å². The summed E-state index contributed by atoms with van der Waals surface area (Å²) in [5, 5.41) is 12.9. The van der Waals surface area contributed by atoms with Gasteiger partial charge in [-0.05, 0) is 12.0 Å². The van der Waals surface area contributed by atoms with Crippen LogP contribution in [0, 0.1) is 0 Å². The van der Waals surface area contributed by atoms with Gasteiger partial charge in [0.2, 0.25) is 0 Å². The molecule has 4 atom stereocenters. The molecule has 0 aromatic carbocycles. The van der Waals surface area contributed by atoms with Gasteiger partial charge < -0.3 is 14.6 Å². The summed E-state index contributed by atoms with van der Waals surface area (Å²) in [4.78, 5) is 2.66. The van der Waals surface area contributed by atoms with Gasteiger partial charge in [-0.3, -0.25) is 0 Å². The molecule has 0 aliphatic carbocycles. The lowest BCUT2D eigenvalue weighted by atomic mass is 10.0. The van der Waals surface area contributed by atoms with Crippen LogP contribution < -0.4 is 0 Å². The van der Waals surface area contributed by atoms with Crippen molar-refractivity contribution in [1.82, 2.24) is 0 Å². The van der Waals surface area contributed by atoms with Crippen LogP contribution in [0.15, 0.2) is 5.11 Å². The molecule has 6 heteroatoms. The van der Waals surface area contributed by atoms with Crippen LogP contribution in [0.2, 0.25) is 0 Å². The van der Waals surface area contributed by atoms with Crippen molar-refractivity contribution in [3.05, 3.63) is 10.4 Å². The molecule has 2 bridgehead atoms. The summed E-state index contributed by atoms with van der Waals surface area (Å²) >= 11 is 0. The van der Waals surface area contributed by atoms with Crippen molar-refractivity contribution in [3.63, 3.8) is 0 Å². The molecule has 66 valence electrons. The number of aliphatic hydroxyl groups excluding tert-OH is 1. The van der Waals surface area contributed by atoms with Crippen LogP contribution in [0.1, 0.15) is 6.42 Å². The maximum atomic E-state index is 9.40. The number of fused-ring (bicyclic) bond motifs is 2. The van der Waals surface area contributed by atoms with Crippen LogP contribution in [0.5, 0.6) is 0 Å². The first-order chi connectivity index (χ1) is 5.81. The van der Waals surface area contributed by atoms with Crippen molar-refractivity contribution < 1.29 is 14.6 Å². The molecule has 2 heterocycles. The fourth-order valence-electron chi connectivity index (χ4n) is 1.52. The Hall–Kier alpha value is -0.810. The smallest absolute Gasteiger partial charge is 0.166 e. The number of nitrogens with zero attached hydrogens (tertiary/aromatic N) is 3. The zero-order chi connectivity index (χ0) is 8.55. The Labute approximate surface area is 68.7 Å². The van der Waals surface area contributed by atoms with E-state index in [1.807, 2.05) is 0 Å². The lowest BCUT2D eigenvalue weighted by Crippen LogP contribution is -2.40. The normalized spacial score (nSPS) is 45.4. The highest BCUT2D eigenvalue weighted by Crippen LogP contribution is 2.29. The molecule has 0 aromatic rings. The molecule has 2 rings (SSSR count). The van der Waals surface area contributed by atoms with Crippen molar-refractivity contribution in [3.8, 4) is 0 Å². The van der Waals surface area contributed by atoms with E-state index < -0.39 is 12.4 Å². The van der Waals surface area contributed by atoms with E-state index in [9.17, 15) is 5.11 Å². The Morgan fingerprint density at radius 1 is 1.58 bits per heavy atom. The van der Waals surface area contributed by atoms with Gasteiger partial charge in [-0.1, -0.05) is 5.11 Å². The predicted molar refractivity (Wildman–Crippen MR) is 38.2 cm³/mol. The lowest BCUT2D eigenvalue weighted by molar-refractivity contribution is -0.130. The van der Waals surface area contributed by atoms with Gasteiger partial charge in [-0.25, -0.2) is 0 Å². The average molecular weight is 171 g/mol. The van der Waals surface area contributed by atoms with E-state index in [2.05, 4.69) is 10.0 Å². The van der Waals surface area contributed by atoms with Crippen LogP contribution >= 0.6 is 0 Å². The van der Waals surface area contributed by atoms with Crippen LogP contribution in [0.4, 0.5) is 0 Å². The van der Waals surface area contributed by atoms with Crippen molar-refractivity contribution in [2.75, 3.05) is 6.61 Å². The number of ether oxygens (including phenoxy) is 2. The third kappa shape index (κ3) is 1.15. The molecular formula is C6H9N3O3. The Balaban J connectivity index is 2.11. The minimum absolute atomic E-state index is 0.236. The Bertz CT molecular complexity index is 228. The molecule has 0 amide bonds. The van der Waals surface area contributed by atoms with E-state index in [0.29, 0.717) is 13.0 Å². The first kappa shape index (κ1) is 7.82. The number of hydrogen-bond donors (Lipinski definition) is 1. The summed E-state index contributed by atoms with van der Waals surface area (Å²) in [5.41, 5.74) is 8.20. The van der Waals surface area contributed by atoms with Crippen LogP contribution in [-0.4, -0.2) is 36.3 Å². The molecule has 2 fully saturated rings. The van der Waals surface area contributed by atoms with E-state index in [1.165, 1.54) is 0 Å². The summed E-state index contributed by atoms with van der Waals surface area (Å²) < 4.78 is 10.4. The molecule has 0 spiro atoms. The SMILES string of the molecule is [N-]=[N+]=NC1C[C@H](O)C2CO[C@@H]1O2. The molecule has 0 aromatic heterocycles. The summed E-state index contributed by atoms with van der Waals surface area (Å²) in [7, 11) is 0. The van der Waals surface area contributed by atoms with Crippen molar-refractivity contribution in [2.45, 2.75) is 31.0 Å². The molecule has 2 aliphatic rings. The monoisotopic (exact) mass is 171 g/mol. The fraction of sp³-hybridized carbons (Fsp3) is 1.00. The van der Waals surface area contributed by atoms with Gasteiger partial charge in [0, 0.05) is 4.91 Å². The highest BCUT2D eigenvalue weighted by molar-refractivity contribution is 4.89. The van der Waals surface area contributed by atoms with Crippen molar-refractivity contribution in [1.29, 1.82) is 0 Å². The van der Waals surface area contributed by atoms with Gasteiger partial charge in [0.1, 0.15) is 6.10 Å². The average Bonchev–Trinajstić information content (AvgIpc) is 2.46. The maximum Gasteiger partial charge on any atom is 0.166 e. The summed E-state index contributed by atoms with van der Waals surface area (Å²) in [6.45, 7) is 0.392. The minimum Gasteiger partial charge on any atom is -0.390 e. The topological polar surface area (TPSA) is 87.5 Å². The second-order valence-corrected chi connectivity index (χ2v) is 2.95. The van der Waals surface area contributed by atoms with E-state index in [-0.39, 0.29) is 12.1 Å². The van der Waals surface area contributed by atoms with E-state index in [4.69, 9.17) is 15.0 Å². The number of azide groups is 1. The summed E-state index contributed by atoms with van der Waals surface area (Å²) in [6.07, 6.45) is -0.826. The molecule has 0 radical (unpaired) electrons. The zero-order valence-electron chi connectivity index (χ0n) is 6.33.